The van der Waals surface area contributed by atoms with Crippen molar-refractivity contribution in [2.45, 2.75) is 38.2 Å². The Balaban J connectivity index is 1.99. The standard InChI is InChI=1S/C10H19N3O3/c11-9(13-15)7-10(14)12-5-6-16-8-3-1-2-4-8/h8,15H,1-7H2,(H2,11,13)(H,12,14). The van der Waals surface area contributed by atoms with Crippen LogP contribution in [0.25, 0.3) is 0 Å². The summed E-state index contributed by atoms with van der Waals surface area (Å²) in [5.74, 6) is -0.348. The third kappa shape index (κ3) is 4.97. The van der Waals surface area contributed by atoms with Gasteiger partial charge in [-0.15, -0.1) is 0 Å². The van der Waals surface area contributed by atoms with E-state index < -0.39 is 0 Å². The molecule has 6 nitrogen and oxygen atoms in total. The van der Waals surface area contributed by atoms with E-state index in [0.717, 1.165) is 12.8 Å². The zero-order chi connectivity index (χ0) is 11.8. The van der Waals surface area contributed by atoms with Crippen molar-refractivity contribution in [3.8, 4) is 0 Å². The smallest absolute Gasteiger partial charge is 0.227 e. The Hall–Kier alpha value is -1.30. The maximum Gasteiger partial charge on any atom is 0.227 e. The summed E-state index contributed by atoms with van der Waals surface area (Å²) in [4.78, 5) is 11.2. The van der Waals surface area contributed by atoms with Gasteiger partial charge in [0.2, 0.25) is 5.91 Å². The zero-order valence-electron chi connectivity index (χ0n) is 9.32. The largest absolute Gasteiger partial charge is 0.409 e. The molecule has 0 aromatic rings. The lowest BCUT2D eigenvalue weighted by atomic mass is 10.3. The topological polar surface area (TPSA) is 96.9 Å². The Kier molecular flexibility index (Phi) is 5.63. The fraction of sp³-hybridized carbons (Fsp3) is 0.800. The second-order valence-corrected chi connectivity index (χ2v) is 3.90. The quantitative estimate of drug-likeness (QED) is 0.199. The van der Waals surface area contributed by atoms with Crippen LogP contribution in [0, 0.1) is 0 Å². The maximum atomic E-state index is 11.2. The first kappa shape index (κ1) is 12.8. The maximum absolute atomic E-state index is 11.2. The molecule has 1 amide bonds. The highest BCUT2D eigenvalue weighted by molar-refractivity contribution is 5.98. The molecule has 0 spiro atoms. The number of nitrogens with zero attached hydrogens (tertiary/aromatic N) is 1. The molecule has 0 aromatic carbocycles. The second kappa shape index (κ2) is 7.05. The van der Waals surface area contributed by atoms with E-state index in [1.54, 1.807) is 0 Å². The van der Waals surface area contributed by atoms with Crippen LogP contribution in [0.2, 0.25) is 0 Å². The van der Waals surface area contributed by atoms with Gasteiger partial charge in [-0.05, 0) is 12.8 Å². The molecule has 1 aliphatic rings. The van der Waals surface area contributed by atoms with Gasteiger partial charge < -0.3 is 21.0 Å². The van der Waals surface area contributed by atoms with Crippen LogP contribution in [-0.2, 0) is 9.53 Å². The van der Waals surface area contributed by atoms with Crippen LogP contribution in [0.1, 0.15) is 32.1 Å². The zero-order valence-corrected chi connectivity index (χ0v) is 9.32. The van der Waals surface area contributed by atoms with Crippen molar-refractivity contribution >= 4 is 11.7 Å². The van der Waals surface area contributed by atoms with Gasteiger partial charge in [0.15, 0.2) is 0 Å². The molecule has 0 aliphatic heterocycles. The number of nitrogens with two attached hydrogens (primary N) is 1. The third-order valence-electron chi connectivity index (χ3n) is 2.55. The van der Waals surface area contributed by atoms with Crippen molar-refractivity contribution < 1.29 is 14.7 Å². The van der Waals surface area contributed by atoms with Gasteiger partial charge in [-0.2, -0.15) is 0 Å². The number of carbonyl (C=O) groups excluding carboxylic acids is 1. The summed E-state index contributed by atoms with van der Waals surface area (Å²) < 4.78 is 5.56. The Labute approximate surface area is 94.8 Å². The van der Waals surface area contributed by atoms with Crippen LogP contribution >= 0.6 is 0 Å². The van der Waals surface area contributed by atoms with E-state index in [9.17, 15) is 4.79 Å². The second-order valence-electron chi connectivity index (χ2n) is 3.90. The molecule has 6 heteroatoms. The summed E-state index contributed by atoms with van der Waals surface area (Å²) in [5.41, 5.74) is 5.19. The van der Waals surface area contributed by atoms with Crippen molar-refractivity contribution in [3.63, 3.8) is 0 Å². The molecule has 1 fully saturated rings. The molecule has 92 valence electrons. The first-order valence-corrected chi connectivity index (χ1v) is 5.57. The minimum absolute atomic E-state index is 0.0834. The number of amides is 1. The van der Waals surface area contributed by atoms with Crippen LogP contribution in [0.5, 0.6) is 0 Å². The number of hydrogen-bond acceptors (Lipinski definition) is 4. The van der Waals surface area contributed by atoms with Gasteiger partial charge in [-0.25, -0.2) is 0 Å². The van der Waals surface area contributed by atoms with E-state index in [2.05, 4.69) is 10.5 Å². The first-order chi connectivity index (χ1) is 7.72. The molecule has 16 heavy (non-hydrogen) atoms. The lowest BCUT2D eigenvalue weighted by Crippen LogP contribution is -2.31. The molecule has 0 bridgehead atoms. The highest BCUT2D eigenvalue weighted by Gasteiger charge is 2.14. The normalized spacial score (nSPS) is 17.6. The number of ether oxygens (including phenoxy) is 1. The van der Waals surface area contributed by atoms with Crippen molar-refractivity contribution in [3.05, 3.63) is 0 Å². The molecule has 0 saturated heterocycles. The Morgan fingerprint density at radius 3 is 2.81 bits per heavy atom. The van der Waals surface area contributed by atoms with E-state index in [1.165, 1.54) is 12.8 Å². The number of hydrogen-bond donors (Lipinski definition) is 3. The summed E-state index contributed by atoms with van der Waals surface area (Å²) in [5, 5.41) is 13.6. The van der Waals surface area contributed by atoms with Gasteiger partial charge in [0.1, 0.15) is 5.84 Å². The summed E-state index contributed by atoms with van der Waals surface area (Å²) in [6, 6.07) is 0. The molecule has 1 aliphatic carbocycles. The molecular formula is C10H19N3O3. The first-order valence-electron chi connectivity index (χ1n) is 5.57. The van der Waals surface area contributed by atoms with Crippen molar-refractivity contribution in [1.82, 2.24) is 5.32 Å². The number of nitrogens with one attached hydrogen (secondary N) is 1. The fourth-order valence-corrected chi connectivity index (χ4v) is 1.73. The highest BCUT2D eigenvalue weighted by atomic mass is 16.5. The third-order valence-corrected chi connectivity index (χ3v) is 2.55. The van der Waals surface area contributed by atoms with Gasteiger partial charge >= 0.3 is 0 Å². The van der Waals surface area contributed by atoms with Crippen LogP contribution in [0.3, 0.4) is 0 Å². The molecule has 1 saturated carbocycles. The minimum atomic E-state index is -0.259. The molecule has 4 N–H and O–H groups in total. The molecule has 0 atom stereocenters. The molecule has 0 aromatic heterocycles. The summed E-state index contributed by atoms with van der Waals surface area (Å²) in [7, 11) is 0. The number of amidine groups is 1. The van der Waals surface area contributed by atoms with E-state index >= 15 is 0 Å². The predicted molar refractivity (Wildman–Crippen MR) is 59.2 cm³/mol. The Morgan fingerprint density at radius 1 is 1.50 bits per heavy atom. The molecule has 0 unspecified atom stereocenters. The summed E-state index contributed by atoms with van der Waals surface area (Å²) in [6.45, 7) is 0.987. The summed E-state index contributed by atoms with van der Waals surface area (Å²) >= 11 is 0. The number of rotatable bonds is 6. The van der Waals surface area contributed by atoms with E-state index in [-0.39, 0.29) is 18.2 Å². The van der Waals surface area contributed by atoms with Crippen molar-refractivity contribution in [2.24, 2.45) is 10.9 Å². The lowest BCUT2D eigenvalue weighted by Gasteiger charge is -2.11. The van der Waals surface area contributed by atoms with Crippen molar-refractivity contribution in [1.29, 1.82) is 0 Å². The molecular weight excluding hydrogens is 210 g/mol. The SMILES string of the molecule is NC(CC(=O)NCCOC1CCCC1)=NO. The van der Waals surface area contributed by atoms with Gasteiger partial charge in [-0.3, -0.25) is 4.79 Å². The van der Waals surface area contributed by atoms with Crippen LogP contribution < -0.4 is 11.1 Å². The van der Waals surface area contributed by atoms with Gasteiger partial charge in [0, 0.05) is 6.54 Å². The van der Waals surface area contributed by atoms with Crippen molar-refractivity contribution in [2.75, 3.05) is 13.2 Å². The Morgan fingerprint density at radius 2 is 2.19 bits per heavy atom. The number of carbonyl (C=O) groups is 1. The van der Waals surface area contributed by atoms with Crippen LogP contribution in [-0.4, -0.2) is 36.2 Å². The monoisotopic (exact) mass is 229 g/mol. The highest BCUT2D eigenvalue weighted by Crippen LogP contribution is 2.20. The van der Waals surface area contributed by atoms with Gasteiger partial charge in [0.25, 0.3) is 0 Å². The molecule has 1 rings (SSSR count). The minimum Gasteiger partial charge on any atom is -0.409 e. The average Bonchev–Trinajstić information content (AvgIpc) is 2.77. The van der Waals surface area contributed by atoms with Gasteiger partial charge in [-0.1, -0.05) is 18.0 Å². The predicted octanol–water partition coefficient (Wildman–Crippen LogP) is 0.198. The summed E-state index contributed by atoms with van der Waals surface area (Å²) in [6.07, 6.45) is 5.00. The molecule has 0 heterocycles. The van der Waals surface area contributed by atoms with Crippen LogP contribution in [0.4, 0.5) is 0 Å². The van der Waals surface area contributed by atoms with E-state index in [4.69, 9.17) is 15.7 Å². The average molecular weight is 229 g/mol. The van der Waals surface area contributed by atoms with E-state index in [0.29, 0.717) is 19.3 Å². The Bertz CT molecular complexity index is 250. The lowest BCUT2D eigenvalue weighted by molar-refractivity contribution is -0.120. The molecule has 0 radical (unpaired) electrons. The fourth-order valence-electron chi connectivity index (χ4n) is 1.73. The van der Waals surface area contributed by atoms with E-state index in [1.807, 2.05) is 0 Å². The number of oxime groups is 1. The van der Waals surface area contributed by atoms with Gasteiger partial charge in [0.05, 0.1) is 19.1 Å². The van der Waals surface area contributed by atoms with Crippen LogP contribution in [0.15, 0.2) is 5.16 Å².